The summed E-state index contributed by atoms with van der Waals surface area (Å²) in [5.41, 5.74) is 4.83. The summed E-state index contributed by atoms with van der Waals surface area (Å²) in [7, 11) is 0. The Kier molecular flexibility index (Phi) is 4.06. The van der Waals surface area contributed by atoms with Crippen LogP contribution in [0.25, 0.3) is 0 Å². The Labute approximate surface area is 133 Å². The fraction of sp³-hybridized carbons (Fsp3) is 0.294. The predicted octanol–water partition coefficient (Wildman–Crippen LogP) is 4.45. The third kappa shape index (κ3) is 3.16. The van der Waals surface area contributed by atoms with Crippen molar-refractivity contribution < 1.29 is 9.47 Å². The van der Waals surface area contributed by atoms with Gasteiger partial charge in [0.2, 0.25) is 0 Å². The highest BCUT2D eigenvalue weighted by Gasteiger charge is 2.16. The van der Waals surface area contributed by atoms with Crippen LogP contribution < -0.4 is 14.8 Å². The van der Waals surface area contributed by atoms with Crippen molar-refractivity contribution >= 4 is 21.6 Å². The Morgan fingerprint density at radius 1 is 1.10 bits per heavy atom. The maximum absolute atomic E-state index is 5.66. The van der Waals surface area contributed by atoms with Crippen molar-refractivity contribution in [3.8, 4) is 11.5 Å². The summed E-state index contributed by atoms with van der Waals surface area (Å²) in [4.78, 5) is 0. The molecule has 21 heavy (non-hydrogen) atoms. The van der Waals surface area contributed by atoms with Crippen molar-refractivity contribution in [2.75, 3.05) is 18.5 Å². The zero-order valence-electron chi connectivity index (χ0n) is 12.2. The van der Waals surface area contributed by atoms with Gasteiger partial charge < -0.3 is 14.8 Å². The number of hydrogen-bond acceptors (Lipinski definition) is 3. The maximum Gasteiger partial charge on any atom is 0.175 e. The van der Waals surface area contributed by atoms with E-state index in [9.17, 15) is 0 Å². The molecule has 1 heterocycles. The molecule has 1 N–H and O–H groups in total. The fourth-order valence-corrected chi connectivity index (χ4v) is 2.99. The molecule has 1 aliphatic heterocycles. The zero-order valence-corrected chi connectivity index (χ0v) is 13.8. The lowest BCUT2D eigenvalue weighted by Crippen LogP contribution is -2.16. The summed E-state index contributed by atoms with van der Waals surface area (Å²) in [5, 5.41) is 3.49. The first-order chi connectivity index (χ1) is 10.1. The van der Waals surface area contributed by atoms with Crippen molar-refractivity contribution in [1.82, 2.24) is 0 Å². The third-order valence-corrected chi connectivity index (χ3v) is 4.12. The molecule has 0 atom stereocenters. The van der Waals surface area contributed by atoms with Crippen LogP contribution in [0.3, 0.4) is 0 Å². The molecular weight excluding hydrogens is 330 g/mol. The molecule has 4 heteroatoms. The molecule has 3 nitrogen and oxygen atoms in total. The van der Waals surface area contributed by atoms with Gasteiger partial charge in [-0.2, -0.15) is 0 Å². The summed E-state index contributed by atoms with van der Waals surface area (Å²) in [5.74, 6) is 1.62. The average molecular weight is 348 g/mol. The van der Waals surface area contributed by atoms with Gasteiger partial charge in [-0.3, -0.25) is 0 Å². The number of fused-ring (bicyclic) bond motifs is 1. The van der Waals surface area contributed by atoms with E-state index in [1.807, 2.05) is 6.07 Å². The smallest absolute Gasteiger partial charge is 0.175 e. The molecule has 110 valence electrons. The Balaban J connectivity index is 1.79. The van der Waals surface area contributed by atoms with Gasteiger partial charge in [0.1, 0.15) is 13.2 Å². The number of anilines is 1. The monoisotopic (exact) mass is 347 g/mol. The van der Waals surface area contributed by atoms with E-state index >= 15 is 0 Å². The lowest BCUT2D eigenvalue weighted by atomic mass is 10.1. The van der Waals surface area contributed by atoms with E-state index in [0.29, 0.717) is 13.2 Å². The largest absolute Gasteiger partial charge is 0.486 e. The molecule has 0 bridgehead atoms. The molecule has 0 amide bonds. The molecule has 0 saturated carbocycles. The first-order valence-corrected chi connectivity index (χ1v) is 7.82. The van der Waals surface area contributed by atoms with Gasteiger partial charge in [-0.25, -0.2) is 0 Å². The molecule has 3 rings (SSSR count). The molecule has 0 aromatic heterocycles. The van der Waals surface area contributed by atoms with Gasteiger partial charge >= 0.3 is 0 Å². The van der Waals surface area contributed by atoms with Gasteiger partial charge in [-0.1, -0.05) is 12.1 Å². The number of aryl methyl sites for hydroxylation is 2. The summed E-state index contributed by atoms with van der Waals surface area (Å²) in [6.45, 7) is 6.17. The number of hydrogen-bond donors (Lipinski definition) is 1. The first-order valence-electron chi connectivity index (χ1n) is 7.02. The average Bonchev–Trinajstić information content (AvgIpc) is 2.48. The van der Waals surface area contributed by atoms with Crippen LogP contribution in [0.5, 0.6) is 11.5 Å². The summed E-state index contributed by atoms with van der Waals surface area (Å²) < 4.78 is 12.2. The van der Waals surface area contributed by atoms with Gasteiger partial charge in [0, 0.05) is 12.2 Å². The second-order valence-corrected chi connectivity index (χ2v) is 6.13. The van der Waals surface area contributed by atoms with E-state index < -0.39 is 0 Å². The van der Waals surface area contributed by atoms with Crippen LogP contribution in [0, 0.1) is 13.8 Å². The standard InChI is InChI=1S/C17H18BrNO2/c1-11-3-4-12(2)15(7-11)19-10-13-8-14(18)17-16(9-13)20-5-6-21-17/h3-4,7-9,19H,5-6,10H2,1-2H3. The lowest BCUT2D eigenvalue weighted by molar-refractivity contribution is 0.170. The molecular formula is C17H18BrNO2. The number of halogens is 1. The highest BCUT2D eigenvalue weighted by atomic mass is 79.9. The highest BCUT2D eigenvalue weighted by Crippen LogP contribution is 2.38. The van der Waals surface area contributed by atoms with Gasteiger partial charge in [0.05, 0.1) is 4.47 Å². The Hall–Kier alpha value is -1.68. The molecule has 0 aliphatic carbocycles. The third-order valence-electron chi connectivity index (χ3n) is 3.53. The van der Waals surface area contributed by atoms with Crippen LogP contribution in [0.1, 0.15) is 16.7 Å². The van der Waals surface area contributed by atoms with Gasteiger partial charge in [0.25, 0.3) is 0 Å². The lowest BCUT2D eigenvalue weighted by Gasteiger charge is -2.20. The number of benzene rings is 2. The summed E-state index contributed by atoms with van der Waals surface area (Å²) in [6.07, 6.45) is 0. The van der Waals surface area contributed by atoms with Crippen LogP contribution in [-0.2, 0) is 6.54 Å². The fourth-order valence-electron chi connectivity index (χ4n) is 2.39. The van der Waals surface area contributed by atoms with Crippen LogP contribution in [0.2, 0.25) is 0 Å². The first kappa shape index (κ1) is 14.3. The predicted molar refractivity (Wildman–Crippen MR) is 88.4 cm³/mol. The minimum absolute atomic E-state index is 0.603. The second-order valence-electron chi connectivity index (χ2n) is 5.27. The van der Waals surface area contributed by atoms with E-state index in [1.54, 1.807) is 0 Å². The zero-order chi connectivity index (χ0) is 14.8. The van der Waals surface area contributed by atoms with E-state index in [2.05, 4.69) is 59.4 Å². The van der Waals surface area contributed by atoms with E-state index in [4.69, 9.17) is 9.47 Å². The van der Waals surface area contributed by atoms with Crippen molar-refractivity contribution in [1.29, 1.82) is 0 Å². The topological polar surface area (TPSA) is 30.5 Å². The quantitative estimate of drug-likeness (QED) is 0.889. The van der Waals surface area contributed by atoms with Crippen LogP contribution in [-0.4, -0.2) is 13.2 Å². The van der Waals surface area contributed by atoms with Gasteiger partial charge in [-0.15, -0.1) is 0 Å². The molecule has 0 spiro atoms. The van der Waals surface area contributed by atoms with E-state index in [1.165, 1.54) is 16.8 Å². The molecule has 1 aliphatic rings. The molecule has 0 fully saturated rings. The SMILES string of the molecule is Cc1ccc(C)c(NCc2cc(Br)c3c(c2)OCCO3)c1. The molecule has 0 saturated heterocycles. The number of nitrogens with one attached hydrogen (secondary N) is 1. The highest BCUT2D eigenvalue weighted by molar-refractivity contribution is 9.10. The molecule has 0 radical (unpaired) electrons. The number of rotatable bonds is 3. The summed E-state index contributed by atoms with van der Waals surface area (Å²) >= 11 is 3.55. The Morgan fingerprint density at radius 3 is 2.76 bits per heavy atom. The molecule has 2 aromatic rings. The number of ether oxygens (including phenoxy) is 2. The van der Waals surface area contributed by atoms with Gasteiger partial charge in [0.15, 0.2) is 11.5 Å². The van der Waals surface area contributed by atoms with Crippen LogP contribution in [0.15, 0.2) is 34.8 Å². The van der Waals surface area contributed by atoms with E-state index in [-0.39, 0.29) is 0 Å². The van der Waals surface area contributed by atoms with Crippen LogP contribution in [0.4, 0.5) is 5.69 Å². The summed E-state index contributed by atoms with van der Waals surface area (Å²) in [6, 6.07) is 10.5. The van der Waals surface area contributed by atoms with Crippen molar-refractivity contribution in [2.45, 2.75) is 20.4 Å². The van der Waals surface area contributed by atoms with Crippen molar-refractivity contribution in [3.63, 3.8) is 0 Å². The minimum atomic E-state index is 0.603. The van der Waals surface area contributed by atoms with Gasteiger partial charge in [-0.05, 0) is 64.7 Å². The van der Waals surface area contributed by atoms with E-state index in [0.717, 1.165) is 28.1 Å². The van der Waals surface area contributed by atoms with Crippen molar-refractivity contribution in [2.24, 2.45) is 0 Å². The maximum atomic E-state index is 5.66. The normalized spacial score (nSPS) is 13.1. The Morgan fingerprint density at radius 2 is 1.90 bits per heavy atom. The minimum Gasteiger partial charge on any atom is -0.486 e. The second kappa shape index (κ2) is 5.98. The van der Waals surface area contributed by atoms with Crippen molar-refractivity contribution in [3.05, 3.63) is 51.5 Å². The van der Waals surface area contributed by atoms with Crippen LogP contribution >= 0.6 is 15.9 Å². The Bertz CT molecular complexity index is 670. The molecule has 2 aromatic carbocycles. The molecule has 0 unspecified atom stereocenters.